The third-order valence-electron chi connectivity index (χ3n) is 3.02. The number of carbonyl (C=O) groups excluding carboxylic acids is 1. The van der Waals surface area contributed by atoms with Crippen molar-refractivity contribution >= 4 is 11.9 Å². The molecule has 1 aromatic heterocycles. The third kappa shape index (κ3) is 4.68. The van der Waals surface area contributed by atoms with E-state index in [-0.39, 0.29) is 5.41 Å². The Morgan fingerprint density at radius 2 is 2.05 bits per heavy atom. The van der Waals surface area contributed by atoms with Crippen LogP contribution in [0.1, 0.15) is 49.8 Å². The van der Waals surface area contributed by atoms with Crippen LogP contribution in [0.4, 0.5) is 0 Å². The zero-order chi connectivity index (χ0) is 15.5. The van der Waals surface area contributed by atoms with Gasteiger partial charge in [0.25, 0.3) is 5.91 Å². The summed E-state index contributed by atoms with van der Waals surface area (Å²) in [6.07, 6.45) is 1.12. The Labute approximate surface area is 119 Å². The van der Waals surface area contributed by atoms with Gasteiger partial charge >= 0.3 is 5.97 Å². The maximum atomic E-state index is 12.1. The maximum absolute atomic E-state index is 12.1. The van der Waals surface area contributed by atoms with Gasteiger partial charge in [-0.25, -0.2) is 4.79 Å². The van der Waals surface area contributed by atoms with Crippen molar-refractivity contribution in [1.29, 1.82) is 0 Å². The summed E-state index contributed by atoms with van der Waals surface area (Å²) in [4.78, 5) is 23.3. The highest BCUT2D eigenvalue weighted by Gasteiger charge is 2.24. The molecule has 0 saturated heterocycles. The van der Waals surface area contributed by atoms with Crippen LogP contribution in [0.5, 0.6) is 0 Å². The van der Waals surface area contributed by atoms with Crippen molar-refractivity contribution in [3.05, 3.63) is 17.5 Å². The summed E-state index contributed by atoms with van der Waals surface area (Å²) < 4.78 is 1.45. The van der Waals surface area contributed by atoms with Crippen LogP contribution in [0, 0.1) is 12.3 Å². The first-order valence-electron chi connectivity index (χ1n) is 6.64. The Bertz CT molecular complexity index is 500. The highest BCUT2D eigenvalue weighted by molar-refractivity contribution is 5.95. The van der Waals surface area contributed by atoms with Crippen LogP contribution in [0.15, 0.2) is 6.07 Å². The van der Waals surface area contributed by atoms with E-state index in [2.05, 4.69) is 10.4 Å². The molecule has 0 aromatic carbocycles. The van der Waals surface area contributed by atoms with Crippen LogP contribution in [0.25, 0.3) is 0 Å². The fourth-order valence-corrected chi connectivity index (χ4v) is 1.89. The minimum Gasteiger partial charge on any atom is -0.480 e. The minimum absolute atomic E-state index is 0.0293. The fraction of sp³-hybridized carbons (Fsp3) is 0.643. The van der Waals surface area contributed by atoms with E-state index in [0.29, 0.717) is 18.5 Å². The van der Waals surface area contributed by atoms with E-state index in [9.17, 15) is 14.7 Å². The number of aromatic nitrogens is 2. The first-order chi connectivity index (χ1) is 9.10. The number of hydrogen-bond donors (Lipinski definition) is 2. The number of carbonyl (C=O) groups is 2. The lowest BCUT2D eigenvalue weighted by atomic mass is 9.88. The number of amides is 1. The molecule has 1 aromatic rings. The second kappa shape index (κ2) is 6.07. The summed E-state index contributed by atoms with van der Waals surface area (Å²) in [5.74, 6) is -1.42. The molecule has 0 aliphatic heterocycles. The average Bonchev–Trinajstić information content (AvgIpc) is 2.61. The second-order valence-electron chi connectivity index (χ2n) is 6.26. The number of carboxylic acids is 1. The summed E-state index contributed by atoms with van der Waals surface area (Å²) in [5, 5.41) is 15.8. The number of aliphatic carboxylic acids is 1. The second-order valence-corrected chi connectivity index (χ2v) is 6.26. The van der Waals surface area contributed by atoms with Gasteiger partial charge in [0.05, 0.1) is 5.69 Å². The van der Waals surface area contributed by atoms with Crippen LogP contribution in [0.3, 0.4) is 0 Å². The van der Waals surface area contributed by atoms with Gasteiger partial charge in [0.1, 0.15) is 11.7 Å². The molecule has 0 fully saturated rings. The Balaban J connectivity index is 2.73. The van der Waals surface area contributed by atoms with E-state index >= 15 is 0 Å². The van der Waals surface area contributed by atoms with Gasteiger partial charge in [-0.2, -0.15) is 5.10 Å². The average molecular weight is 281 g/mol. The summed E-state index contributed by atoms with van der Waals surface area (Å²) in [6, 6.07) is 0.759. The van der Waals surface area contributed by atoms with Gasteiger partial charge in [0.2, 0.25) is 0 Å². The van der Waals surface area contributed by atoms with Crippen LogP contribution in [-0.2, 0) is 11.8 Å². The van der Waals surface area contributed by atoms with E-state index < -0.39 is 17.9 Å². The molecule has 0 saturated carbocycles. The highest BCUT2D eigenvalue weighted by Crippen LogP contribution is 2.21. The molecule has 2 N–H and O–H groups in total. The van der Waals surface area contributed by atoms with Crippen molar-refractivity contribution in [1.82, 2.24) is 15.1 Å². The Hall–Kier alpha value is -1.85. The van der Waals surface area contributed by atoms with E-state index in [4.69, 9.17) is 0 Å². The molecule has 0 bridgehead atoms. The number of nitrogens with one attached hydrogen (secondary N) is 1. The molecule has 1 atom stereocenters. The van der Waals surface area contributed by atoms with Crippen molar-refractivity contribution < 1.29 is 14.7 Å². The number of carboxylic acid groups (broad SMARTS) is 1. The molecule has 1 amide bonds. The molecule has 6 heteroatoms. The van der Waals surface area contributed by atoms with Crippen molar-refractivity contribution in [3.8, 4) is 0 Å². The number of hydrogen-bond acceptors (Lipinski definition) is 3. The van der Waals surface area contributed by atoms with Crippen LogP contribution in [0.2, 0.25) is 0 Å². The Morgan fingerprint density at radius 3 is 2.45 bits per heavy atom. The number of nitrogens with zero attached hydrogens (tertiary/aromatic N) is 2. The molecule has 0 spiro atoms. The molecule has 0 aliphatic rings. The maximum Gasteiger partial charge on any atom is 0.326 e. The predicted octanol–water partition coefficient (Wildman–Crippen LogP) is 1.74. The molecule has 6 nitrogen and oxygen atoms in total. The standard InChI is InChI=1S/C14H23N3O3/c1-9-8-11(17(5)16-9)12(18)15-10(13(19)20)6-7-14(2,3)4/h8,10H,6-7H2,1-5H3,(H,15,18)(H,19,20). The quantitative estimate of drug-likeness (QED) is 0.861. The largest absolute Gasteiger partial charge is 0.480 e. The van der Waals surface area contributed by atoms with Gasteiger partial charge in [-0.15, -0.1) is 0 Å². The Morgan fingerprint density at radius 1 is 1.45 bits per heavy atom. The molecule has 0 aliphatic carbocycles. The monoisotopic (exact) mass is 281 g/mol. The van der Waals surface area contributed by atoms with Crippen LogP contribution >= 0.6 is 0 Å². The summed E-state index contributed by atoms with van der Waals surface area (Å²) in [7, 11) is 1.66. The zero-order valence-corrected chi connectivity index (χ0v) is 12.7. The van der Waals surface area contributed by atoms with Gasteiger partial charge in [0.15, 0.2) is 0 Å². The van der Waals surface area contributed by atoms with Crippen molar-refractivity contribution in [3.63, 3.8) is 0 Å². The summed E-state index contributed by atoms with van der Waals surface area (Å²) in [6.45, 7) is 7.90. The van der Waals surface area contributed by atoms with Gasteiger partial charge in [-0.1, -0.05) is 20.8 Å². The number of aryl methyl sites for hydroxylation is 2. The molecule has 1 heterocycles. The normalized spacial score (nSPS) is 13.1. The predicted molar refractivity (Wildman–Crippen MR) is 75.5 cm³/mol. The lowest BCUT2D eigenvalue weighted by molar-refractivity contribution is -0.139. The van der Waals surface area contributed by atoms with Gasteiger partial charge in [0, 0.05) is 7.05 Å². The molecule has 0 radical (unpaired) electrons. The molecular formula is C14H23N3O3. The summed E-state index contributed by atoms with van der Waals surface area (Å²) >= 11 is 0. The molecule has 1 unspecified atom stereocenters. The molecule has 112 valence electrons. The minimum atomic E-state index is -1.01. The van der Waals surface area contributed by atoms with Gasteiger partial charge in [-0.3, -0.25) is 9.48 Å². The smallest absolute Gasteiger partial charge is 0.326 e. The van der Waals surface area contributed by atoms with Crippen molar-refractivity contribution in [2.75, 3.05) is 0 Å². The van der Waals surface area contributed by atoms with Gasteiger partial charge < -0.3 is 10.4 Å². The molecule has 1 rings (SSSR count). The van der Waals surface area contributed by atoms with E-state index in [1.54, 1.807) is 20.0 Å². The van der Waals surface area contributed by atoms with Crippen LogP contribution < -0.4 is 5.32 Å². The lowest BCUT2D eigenvalue weighted by Gasteiger charge is -2.21. The first-order valence-corrected chi connectivity index (χ1v) is 6.64. The SMILES string of the molecule is Cc1cc(C(=O)NC(CCC(C)(C)C)C(=O)O)n(C)n1. The van der Waals surface area contributed by atoms with E-state index in [1.165, 1.54) is 4.68 Å². The molecule has 20 heavy (non-hydrogen) atoms. The van der Waals surface area contributed by atoms with Crippen LogP contribution in [-0.4, -0.2) is 32.8 Å². The number of rotatable bonds is 5. The van der Waals surface area contributed by atoms with Crippen molar-refractivity contribution in [2.45, 2.75) is 46.6 Å². The molecular weight excluding hydrogens is 258 g/mol. The fourth-order valence-electron chi connectivity index (χ4n) is 1.89. The topological polar surface area (TPSA) is 84.2 Å². The van der Waals surface area contributed by atoms with E-state index in [0.717, 1.165) is 5.69 Å². The first kappa shape index (κ1) is 16.2. The third-order valence-corrected chi connectivity index (χ3v) is 3.02. The lowest BCUT2D eigenvalue weighted by Crippen LogP contribution is -2.41. The Kier molecular flexibility index (Phi) is 4.92. The highest BCUT2D eigenvalue weighted by atomic mass is 16.4. The zero-order valence-electron chi connectivity index (χ0n) is 12.7. The van der Waals surface area contributed by atoms with Crippen molar-refractivity contribution in [2.24, 2.45) is 12.5 Å². The summed E-state index contributed by atoms with van der Waals surface area (Å²) in [5.41, 5.74) is 1.12. The van der Waals surface area contributed by atoms with Gasteiger partial charge in [-0.05, 0) is 31.2 Å². The van der Waals surface area contributed by atoms with E-state index in [1.807, 2.05) is 20.8 Å².